The molecule has 0 atom stereocenters. The van der Waals surface area contributed by atoms with Crippen LogP contribution in [0.4, 0.5) is 5.69 Å². The topological polar surface area (TPSA) is 37.8 Å². The van der Waals surface area contributed by atoms with Crippen molar-refractivity contribution in [3.8, 4) is 0 Å². The van der Waals surface area contributed by atoms with Crippen LogP contribution in [0.1, 0.15) is 32.1 Å². The second-order valence-corrected chi connectivity index (χ2v) is 7.87. The zero-order valence-electron chi connectivity index (χ0n) is 12.2. The number of nitrogens with one attached hydrogen (secondary N) is 1. The highest BCUT2D eigenvalue weighted by Gasteiger charge is 2.30. The van der Waals surface area contributed by atoms with Crippen molar-refractivity contribution in [2.45, 2.75) is 36.9 Å². The van der Waals surface area contributed by atoms with Gasteiger partial charge in [0.2, 0.25) is 0 Å². The van der Waals surface area contributed by atoms with E-state index in [1.54, 1.807) is 0 Å². The molecule has 1 aliphatic rings. The Morgan fingerprint density at radius 1 is 1.29 bits per heavy atom. The van der Waals surface area contributed by atoms with E-state index in [0.717, 1.165) is 27.7 Å². The molecule has 0 spiro atoms. The third-order valence-electron chi connectivity index (χ3n) is 4.34. The minimum Gasteiger partial charge on any atom is -0.382 e. The molecule has 1 fully saturated rings. The van der Waals surface area contributed by atoms with E-state index in [2.05, 4.69) is 37.5 Å². The molecule has 1 N–H and O–H groups in total. The summed E-state index contributed by atoms with van der Waals surface area (Å²) in [6, 6.07) is 4.04. The van der Waals surface area contributed by atoms with Gasteiger partial charge >= 0.3 is 0 Å². The molecule has 0 aromatic carbocycles. The monoisotopic (exact) mass is 365 g/mol. The third kappa shape index (κ3) is 3.34. The Morgan fingerprint density at radius 2 is 2.10 bits per heavy atom. The van der Waals surface area contributed by atoms with Gasteiger partial charge in [-0.05, 0) is 47.2 Å². The number of anilines is 1. The van der Waals surface area contributed by atoms with Crippen LogP contribution in [0.25, 0.3) is 11.0 Å². The summed E-state index contributed by atoms with van der Waals surface area (Å²) >= 11 is 5.47. The fourth-order valence-corrected chi connectivity index (χ4v) is 4.29. The molecule has 0 radical (unpaired) electrons. The first-order valence-electron chi connectivity index (χ1n) is 7.42. The van der Waals surface area contributed by atoms with Crippen molar-refractivity contribution in [3.63, 3.8) is 0 Å². The molecule has 1 aliphatic carbocycles. The first-order valence-corrected chi connectivity index (χ1v) is 9.43. The number of fused-ring (bicyclic) bond motifs is 1. The summed E-state index contributed by atoms with van der Waals surface area (Å²) in [4.78, 5) is 8.91. The van der Waals surface area contributed by atoms with Gasteiger partial charge in [-0.1, -0.05) is 19.3 Å². The highest BCUT2D eigenvalue weighted by Crippen LogP contribution is 2.39. The van der Waals surface area contributed by atoms with Crippen LogP contribution in [-0.4, -0.2) is 27.5 Å². The molecule has 3 nitrogen and oxygen atoms in total. The number of pyridine rings is 2. The number of nitrogens with zero attached hydrogens (tertiary/aromatic N) is 2. The largest absolute Gasteiger partial charge is 0.382 e. The minimum absolute atomic E-state index is 0.378. The van der Waals surface area contributed by atoms with Crippen molar-refractivity contribution < 1.29 is 0 Å². The zero-order valence-corrected chi connectivity index (χ0v) is 14.6. The fourth-order valence-electron chi connectivity index (χ4n) is 3.05. The van der Waals surface area contributed by atoms with E-state index in [1.165, 1.54) is 32.1 Å². The maximum atomic E-state index is 4.51. The lowest BCUT2D eigenvalue weighted by molar-refractivity contribution is 0.411. The number of hydrogen-bond donors (Lipinski definition) is 1. The maximum Gasteiger partial charge on any atom is 0.112 e. The number of thioether (sulfide) groups is 1. The van der Waals surface area contributed by atoms with Crippen molar-refractivity contribution in [1.29, 1.82) is 0 Å². The van der Waals surface area contributed by atoms with E-state index < -0.39 is 0 Å². The van der Waals surface area contributed by atoms with Crippen LogP contribution in [0.15, 0.2) is 29.0 Å². The highest BCUT2D eigenvalue weighted by atomic mass is 79.9. The molecule has 0 bridgehead atoms. The summed E-state index contributed by atoms with van der Waals surface area (Å²) < 4.78 is 1.34. The van der Waals surface area contributed by atoms with E-state index in [4.69, 9.17) is 0 Å². The molecule has 2 heterocycles. The molecule has 5 heteroatoms. The predicted molar refractivity (Wildman–Crippen MR) is 95.1 cm³/mol. The van der Waals surface area contributed by atoms with Crippen LogP contribution in [-0.2, 0) is 0 Å². The van der Waals surface area contributed by atoms with Gasteiger partial charge in [0, 0.05) is 28.2 Å². The normalized spacial score (nSPS) is 17.8. The van der Waals surface area contributed by atoms with Gasteiger partial charge in [-0.3, -0.25) is 9.97 Å². The van der Waals surface area contributed by atoms with Crippen LogP contribution >= 0.6 is 27.7 Å². The molecule has 0 aliphatic heterocycles. The van der Waals surface area contributed by atoms with E-state index in [9.17, 15) is 0 Å². The average molecular weight is 366 g/mol. The number of rotatable bonds is 4. The van der Waals surface area contributed by atoms with Crippen molar-refractivity contribution in [2.24, 2.45) is 0 Å². The minimum atomic E-state index is 0.378. The van der Waals surface area contributed by atoms with Crippen molar-refractivity contribution in [1.82, 2.24) is 9.97 Å². The van der Waals surface area contributed by atoms with E-state index in [-0.39, 0.29) is 0 Å². The maximum absolute atomic E-state index is 4.51. The van der Waals surface area contributed by atoms with Crippen LogP contribution < -0.4 is 5.32 Å². The van der Waals surface area contributed by atoms with Gasteiger partial charge < -0.3 is 5.32 Å². The van der Waals surface area contributed by atoms with Gasteiger partial charge in [-0.2, -0.15) is 11.8 Å². The second kappa shape index (κ2) is 6.53. The van der Waals surface area contributed by atoms with Crippen LogP contribution in [0.5, 0.6) is 0 Å². The SMILES string of the molecule is CSC1(CNc2ccnc3cc(Br)cnc23)CCCCC1. The van der Waals surface area contributed by atoms with Crippen LogP contribution in [0, 0.1) is 0 Å². The fraction of sp³-hybridized carbons (Fsp3) is 0.500. The van der Waals surface area contributed by atoms with Crippen molar-refractivity contribution >= 4 is 44.4 Å². The predicted octanol–water partition coefficient (Wildman–Crippen LogP) is 4.87. The molecule has 3 rings (SSSR count). The summed E-state index contributed by atoms with van der Waals surface area (Å²) in [7, 11) is 0. The molecular formula is C16H20BrN3S. The Labute approximate surface area is 138 Å². The smallest absolute Gasteiger partial charge is 0.112 e. The Hall–Kier alpha value is -0.810. The first kappa shape index (κ1) is 15.1. The summed E-state index contributed by atoms with van der Waals surface area (Å²) in [5.74, 6) is 0. The molecule has 2 aromatic rings. The molecule has 112 valence electrons. The molecule has 21 heavy (non-hydrogen) atoms. The molecule has 0 unspecified atom stereocenters. The number of aromatic nitrogens is 2. The van der Waals surface area contributed by atoms with Crippen molar-refractivity contribution in [3.05, 3.63) is 29.0 Å². The highest BCUT2D eigenvalue weighted by molar-refractivity contribution is 9.10. The van der Waals surface area contributed by atoms with Gasteiger partial charge in [0.25, 0.3) is 0 Å². The third-order valence-corrected chi connectivity index (χ3v) is 6.20. The Morgan fingerprint density at radius 3 is 2.86 bits per heavy atom. The van der Waals surface area contributed by atoms with Gasteiger partial charge in [-0.25, -0.2) is 0 Å². The molecular weight excluding hydrogens is 346 g/mol. The summed E-state index contributed by atoms with van der Waals surface area (Å²) in [6.07, 6.45) is 12.6. The zero-order chi connectivity index (χ0) is 14.7. The molecule has 1 saturated carbocycles. The quantitative estimate of drug-likeness (QED) is 0.838. The standard InChI is InChI=1S/C16H20BrN3S/c1-21-16(6-3-2-4-7-16)11-20-13-5-8-18-14-9-12(17)10-19-15(13)14/h5,8-10H,2-4,6-7,11H2,1H3,(H,18,20). The lowest BCUT2D eigenvalue weighted by atomic mass is 9.88. The lowest BCUT2D eigenvalue weighted by Gasteiger charge is -2.36. The molecule has 2 aromatic heterocycles. The lowest BCUT2D eigenvalue weighted by Crippen LogP contribution is -2.35. The average Bonchev–Trinajstić information content (AvgIpc) is 2.53. The molecule has 0 saturated heterocycles. The van der Waals surface area contributed by atoms with E-state index in [1.807, 2.05) is 36.3 Å². The summed E-state index contributed by atoms with van der Waals surface area (Å²) in [5.41, 5.74) is 2.97. The first-order chi connectivity index (χ1) is 10.2. The van der Waals surface area contributed by atoms with E-state index >= 15 is 0 Å². The van der Waals surface area contributed by atoms with Gasteiger partial charge in [-0.15, -0.1) is 0 Å². The Kier molecular flexibility index (Phi) is 4.69. The van der Waals surface area contributed by atoms with Crippen LogP contribution in [0.3, 0.4) is 0 Å². The van der Waals surface area contributed by atoms with Crippen LogP contribution in [0.2, 0.25) is 0 Å². The van der Waals surface area contributed by atoms with E-state index in [0.29, 0.717) is 4.75 Å². The van der Waals surface area contributed by atoms with Gasteiger partial charge in [0.1, 0.15) is 5.52 Å². The Bertz CT molecular complexity index is 626. The van der Waals surface area contributed by atoms with Crippen molar-refractivity contribution in [2.75, 3.05) is 18.1 Å². The second-order valence-electron chi connectivity index (χ2n) is 5.68. The van der Waals surface area contributed by atoms with Gasteiger partial charge in [0.05, 0.1) is 11.2 Å². The summed E-state index contributed by atoms with van der Waals surface area (Å²) in [5, 5.41) is 3.63. The molecule has 0 amide bonds. The Balaban J connectivity index is 1.81. The number of halogens is 1. The van der Waals surface area contributed by atoms with Gasteiger partial charge in [0.15, 0.2) is 0 Å². The number of hydrogen-bond acceptors (Lipinski definition) is 4. The summed E-state index contributed by atoms with van der Waals surface area (Å²) in [6.45, 7) is 1.00.